The van der Waals surface area contributed by atoms with E-state index < -0.39 is 0 Å². The second-order valence-electron chi connectivity index (χ2n) is 2.16. The van der Waals surface area contributed by atoms with E-state index in [2.05, 4.69) is 0 Å². The Kier molecular flexibility index (Phi) is 2.97. The first kappa shape index (κ1) is 6.99. The van der Waals surface area contributed by atoms with Crippen molar-refractivity contribution in [2.75, 3.05) is 26.4 Å². The zero-order valence-electron chi connectivity index (χ0n) is 5.51. The van der Waals surface area contributed by atoms with Crippen LogP contribution in [0.15, 0.2) is 0 Å². The number of hydrogen-bond donors (Lipinski definition) is 1. The van der Waals surface area contributed by atoms with Crippen LogP contribution in [0.25, 0.3) is 0 Å². The van der Waals surface area contributed by atoms with Crippen LogP contribution in [0.5, 0.6) is 0 Å². The molecule has 0 spiro atoms. The first-order valence-electron chi connectivity index (χ1n) is 3.33. The molecule has 9 heavy (non-hydrogen) atoms. The Morgan fingerprint density at radius 3 is 3.11 bits per heavy atom. The summed E-state index contributed by atoms with van der Waals surface area (Å²) in [4.78, 5) is 0. The Morgan fingerprint density at radius 2 is 2.33 bits per heavy atom. The molecule has 1 aliphatic heterocycles. The van der Waals surface area contributed by atoms with Crippen LogP contribution in [0.2, 0.25) is 0 Å². The summed E-state index contributed by atoms with van der Waals surface area (Å²) >= 11 is 0. The van der Waals surface area contributed by atoms with Gasteiger partial charge in [0.2, 0.25) is 0 Å². The van der Waals surface area contributed by atoms with Crippen LogP contribution in [-0.2, 0) is 9.47 Å². The normalized spacial score (nSPS) is 29.7. The number of hydrogen-bond acceptors (Lipinski definition) is 3. The fourth-order valence-electron chi connectivity index (χ4n) is 0.810. The van der Waals surface area contributed by atoms with Gasteiger partial charge in [-0.1, -0.05) is 0 Å². The van der Waals surface area contributed by atoms with E-state index in [1.165, 1.54) is 0 Å². The molecule has 3 nitrogen and oxygen atoms in total. The Bertz CT molecular complexity index is 69.5. The summed E-state index contributed by atoms with van der Waals surface area (Å²) in [6.07, 6.45) is 1.13. The molecule has 0 amide bonds. The molecule has 54 valence electrons. The molecule has 1 fully saturated rings. The van der Waals surface area contributed by atoms with Crippen LogP contribution in [-0.4, -0.2) is 32.5 Å². The Labute approximate surface area is 55.1 Å². The molecular formula is C6H13NO2. The summed E-state index contributed by atoms with van der Waals surface area (Å²) in [6.45, 7) is 2.84. The zero-order chi connectivity index (χ0) is 6.53. The zero-order valence-corrected chi connectivity index (χ0v) is 5.51. The summed E-state index contributed by atoms with van der Waals surface area (Å²) < 4.78 is 10.5. The lowest BCUT2D eigenvalue weighted by Crippen LogP contribution is -2.27. The molecule has 0 bridgehead atoms. The molecule has 1 aliphatic rings. The lowest BCUT2D eigenvalue weighted by atomic mass is 10.4. The molecule has 0 aromatic rings. The van der Waals surface area contributed by atoms with Crippen molar-refractivity contribution in [2.45, 2.75) is 12.5 Å². The van der Waals surface area contributed by atoms with E-state index in [0.717, 1.165) is 19.6 Å². The van der Waals surface area contributed by atoms with E-state index in [-0.39, 0.29) is 6.10 Å². The van der Waals surface area contributed by atoms with Crippen LogP contribution in [0.4, 0.5) is 0 Å². The predicted molar refractivity (Wildman–Crippen MR) is 34.2 cm³/mol. The molecule has 2 N–H and O–H groups in total. The molecular weight excluding hydrogens is 118 g/mol. The standard InChI is InChI=1S/C6H13NO2/c7-4-6-5-8-2-1-3-9-6/h6H,1-5,7H2. The highest BCUT2D eigenvalue weighted by atomic mass is 16.5. The average Bonchev–Trinajstić information content (AvgIpc) is 2.13. The van der Waals surface area contributed by atoms with Crippen LogP contribution in [0, 0.1) is 0 Å². The van der Waals surface area contributed by atoms with Gasteiger partial charge in [0, 0.05) is 19.8 Å². The van der Waals surface area contributed by atoms with E-state index in [0.29, 0.717) is 13.2 Å². The molecule has 0 radical (unpaired) electrons. The molecule has 0 aliphatic carbocycles. The molecule has 0 saturated carbocycles. The second kappa shape index (κ2) is 3.82. The summed E-state index contributed by atoms with van der Waals surface area (Å²) in [5.41, 5.74) is 5.37. The van der Waals surface area contributed by atoms with Crippen molar-refractivity contribution in [2.24, 2.45) is 5.73 Å². The summed E-state index contributed by atoms with van der Waals surface area (Å²) in [5.74, 6) is 0. The number of rotatable bonds is 1. The molecule has 1 atom stereocenters. The van der Waals surface area contributed by atoms with Gasteiger partial charge in [-0.05, 0) is 6.42 Å². The number of nitrogens with two attached hydrogens (primary N) is 1. The van der Waals surface area contributed by atoms with Crippen molar-refractivity contribution in [3.05, 3.63) is 0 Å². The van der Waals surface area contributed by atoms with Crippen LogP contribution in [0.3, 0.4) is 0 Å². The quantitative estimate of drug-likeness (QED) is 0.533. The maximum Gasteiger partial charge on any atom is 0.0930 e. The molecule has 1 heterocycles. The lowest BCUT2D eigenvalue weighted by Gasteiger charge is -2.09. The molecule has 0 aromatic heterocycles. The first-order chi connectivity index (χ1) is 4.43. The molecule has 1 rings (SSSR count). The third kappa shape index (κ3) is 2.30. The third-order valence-electron chi connectivity index (χ3n) is 1.35. The fourth-order valence-corrected chi connectivity index (χ4v) is 0.810. The van der Waals surface area contributed by atoms with Gasteiger partial charge in [0.25, 0.3) is 0 Å². The van der Waals surface area contributed by atoms with Crippen LogP contribution >= 0.6 is 0 Å². The average molecular weight is 131 g/mol. The first-order valence-corrected chi connectivity index (χ1v) is 3.33. The highest BCUT2D eigenvalue weighted by molar-refractivity contribution is 4.59. The van der Waals surface area contributed by atoms with Gasteiger partial charge in [-0.25, -0.2) is 0 Å². The smallest absolute Gasteiger partial charge is 0.0930 e. The molecule has 1 unspecified atom stereocenters. The van der Waals surface area contributed by atoms with Crippen molar-refractivity contribution < 1.29 is 9.47 Å². The predicted octanol–water partition coefficient (Wildman–Crippen LogP) is -0.249. The van der Waals surface area contributed by atoms with Crippen molar-refractivity contribution in [1.29, 1.82) is 0 Å². The maximum atomic E-state index is 5.37. The summed E-state index contributed by atoms with van der Waals surface area (Å²) in [6, 6.07) is 0. The van der Waals surface area contributed by atoms with Gasteiger partial charge < -0.3 is 15.2 Å². The third-order valence-corrected chi connectivity index (χ3v) is 1.35. The molecule has 3 heteroatoms. The largest absolute Gasteiger partial charge is 0.379 e. The minimum Gasteiger partial charge on any atom is -0.379 e. The van der Waals surface area contributed by atoms with E-state index in [1.54, 1.807) is 0 Å². The lowest BCUT2D eigenvalue weighted by molar-refractivity contribution is 0.0322. The molecule has 0 aromatic carbocycles. The van der Waals surface area contributed by atoms with E-state index in [4.69, 9.17) is 15.2 Å². The van der Waals surface area contributed by atoms with E-state index in [9.17, 15) is 0 Å². The summed E-state index contributed by atoms with van der Waals surface area (Å²) in [7, 11) is 0. The number of ether oxygens (including phenoxy) is 2. The minimum atomic E-state index is 0.132. The van der Waals surface area contributed by atoms with Crippen molar-refractivity contribution in [1.82, 2.24) is 0 Å². The fraction of sp³-hybridized carbons (Fsp3) is 1.00. The van der Waals surface area contributed by atoms with E-state index >= 15 is 0 Å². The highest BCUT2D eigenvalue weighted by Gasteiger charge is 2.09. The van der Waals surface area contributed by atoms with Crippen LogP contribution in [0.1, 0.15) is 6.42 Å². The summed E-state index contributed by atoms with van der Waals surface area (Å²) in [5, 5.41) is 0. The minimum absolute atomic E-state index is 0.132. The SMILES string of the molecule is NCC1COCCCO1. The topological polar surface area (TPSA) is 44.5 Å². The van der Waals surface area contributed by atoms with Crippen molar-refractivity contribution in [3.63, 3.8) is 0 Å². The Balaban J connectivity index is 2.18. The van der Waals surface area contributed by atoms with Crippen molar-refractivity contribution >= 4 is 0 Å². The van der Waals surface area contributed by atoms with Crippen molar-refractivity contribution in [3.8, 4) is 0 Å². The Hall–Kier alpha value is -0.120. The van der Waals surface area contributed by atoms with Gasteiger partial charge in [-0.15, -0.1) is 0 Å². The Morgan fingerprint density at radius 1 is 1.44 bits per heavy atom. The monoisotopic (exact) mass is 131 g/mol. The van der Waals surface area contributed by atoms with Gasteiger partial charge in [0.05, 0.1) is 12.7 Å². The van der Waals surface area contributed by atoms with Gasteiger partial charge in [-0.2, -0.15) is 0 Å². The second-order valence-corrected chi connectivity index (χ2v) is 2.16. The van der Waals surface area contributed by atoms with Gasteiger partial charge in [0.15, 0.2) is 0 Å². The van der Waals surface area contributed by atoms with Gasteiger partial charge in [-0.3, -0.25) is 0 Å². The molecule has 1 saturated heterocycles. The maximum absolute atomic E-state index is 5.37. The van der Waals surface area contributed by atoms with E-state index in [1.807, 2.05) is 0 Å². The van der Waals surface area contributed by atoms with Gasteiger partial charge >= 0.3 is 0 Å². The highest BCUT2D eigenvalue weighted by Crippen LogP contribution is 1.98. The van der Waals surface area contributed by atoms with Crippen LogP contribution < -0.4 is 5.73 Å². The van der Waals surface area contributed by atoms with Gasteiger partial charge in [0.1, 0.15) is 0 Å².